The van der Waals surface area contributed by atoms with Crippen LogP contribution in [0.5, 0.6) is 0 Å². The SMILES string of the molecule is C=CC(OC)C(C(=O)O)N(C)S(=O)(=O)c1ccc(C)cc1. The van der Waals surface area contributed by atoms with E-state index in [0.29, 0.717) is 0 Å². The first-order valence-corrected chi connectivity index (χ1v) is 7.62. The van der Waals surface area contributed by atoms with Gasteiger partial charge in [0.1, 0.15) is 6.10 Å². The maximum atomic E-state index is 12.5. The van der Waals surface area contributed by atoms with Crippen LogP contribution in [0.4, 0.5) is 0 Å². The first kappa shape index (κ1) is 17.4. The lowest BCUT2D eigenvalue weighted by Crippen LogP contribution is -2.49. The number of likely N-dealkylation sites (N-methyl/N-ethyl adjacent to an activating group) is 1. The van der Waals surface area contributed by atoms with Crippen LogP contribution in [-0.4, -0.2) is 50.1 Å². The van der Waals surface area contributed by atoms with Crippen molar-refractivity contribution in [3.05, 3.63) is 42.5 Å². The van der Waals surface area contributed by atoms with E-state index in [1.807, 2.05) is 6.92 Å². The van der Waals surface area contributed by atoms with Gasteiger partial charge in [0.05, 0.1) is 4.90 Å². The molecule has 0 saturated carbocycles. The molecule has 0 aromatic heterocycles. The van der Waals surface area contributed by atoms with Gasteiger partial charge < -0.3 is 9.84 Å². The van der Waals surface area contributed by atoms with E-state index in [-0.39, 0.29) is 4.90 Å². The molecule has 2 unspecified atom stereocenters. The highest BCUT2D eigenvalue weighted by atomic mass is 32.2. The van der Waals surface area contributed by atoms with Crippen molar-refractivity contribution < 1.29 is 23.1 Å². The molecule has 0 aliphatic rings. The van der Waals surface area contributed by atoms with Gasteiger partial charge in [0, 0.05) is 14.2 Å². The van der Waals surface area contributed by atoms with E-state index >= 15 is 0 Å². The molecule has 0 saturated heterocycles. The highest BCUT2D eigenvalue weighted by Gasteiger charge is 2.37. The lowest BCUT2D eigenvalue weighted by Gasteiger charge is -2.28. The average molecular weight is 313 g/mol. The summed E-state index contributed by atoms with van der Waals surface area (Å²) in [5, 5.41) is 9.30. The lowest BCUT2D eigenvalue weighted by atomic mass is 10.1. The standard InChI is InChI=1S/C14H19NO5S/c1-5-12(20-4)13(14(16)17)15(3)21(18,19)11-8-6-10(2)7-9-11/h5-9,12-13H,1H2,2-4H3,(H,16,17). The Balaban J connectivity index is 3.24. The summed E-state index contributed by atoms with van der Waals surface area (Å²) in [6.07, 6.45) is 0.313. The number of carbonyl (C=O) groups is 1. The highest BCUT2D eigenvalue weighted by molar-refractivity contribution is 7.89. The number of carboxylic acids is 1. The number of aryl methyl sites for hydroxylation is 1. The maximum Gasteiger partial charge on any atom is 0.325 e. The van der Waals surface area contributed by atoms with E-state index in [1.165, 1.54) is 32.4 Å². The third kappa shape index (κ3) is 3.69. The van der Waals surface area contributed by atoms with E-state index < -0.39 is 28.1 Å². The zero-order chi connectivity index (χ0) is 16.2. The first-order chi connectivity index (χ1) is 9.75. The number of methoxy groups -OCH3 is 1. The van der Waals surface area contributed by atoms with Crippen molar-refractivity contribution in [3.63, 3.8) is 0 Å². The number of aliphatic carboxylic acids is 1. The fraction of sp³-hybridized carbons (Fsp3) is 0.357. The van der Waals surface area contributed by atoms with Gasteiger partial charge >= 0.3 is 5.97 Å². The van der Waals surface area contributed by atoms with Gasteiger partial charge in [0.2, 0.25) is 10.0 Å². The normalized spacial score (nSPS) is 14.7. The highest BCUT2D eigenvalue weighted by Crippen LogP contribution is 2.20. The number of sulfonamides is 1. The molecule has 7 heteroatoms. The van der Waals surface area contributed by atoms with Gasteiger partial charge in [0.25, 0.3) is 0 Å². The summed E-state index contributed by atoms with van der Waals surface area (Å²) in [7, 11) is -1.43. The van der Waals surface area contributed by atoms with Crippen molar-refractivity contribution in [3.8, 4) is 0 Å². The topological polar surface area (TPSA) is 83.9 Å². The molecule has 0 radical (unpaired) electrons. The molecule has 0 amide bonds. The van der Waals surface area contributed by atoms with E-state index in [1.54, 1.807) is 12.1 Å². The third-order valence-electron chi connectivity index (χ3n) is 3.16. The van der Waals surface area contributed by atoms with Crippen LogP contribution in [0.15, 0.2) is 41.8 Å². The van der Waals surface area contributed by atoms with Gasteiger partial charge in [-0.15, -0.1) is 6.58 Å². The Morgan fingerprint density at radius 3 is 2.29 bits per heavy atom. The first-order valence-electron chi connectivity index (χ1n) is 6.18. The smallest absolute Gasteiger partial charge is 0.325 e. The van der Waals surface area contributed by atoms with Gasteiger partial charge in [-0.2, -0.15) is 4.31 Å². The molecular formula is C14H19NO5S. The van der Waals surface area contributed by atoms with Crippen molar-refractivity contribution in [2.24, 2.45) is 0 Å². The molecule has 0 heterocycles. The van der Waals surface area contributed by atoms with Crippen LogP contribution < -0.4 is 0 Å². The van der Waals surface area contributed by atoms with E-state index in [4.69, 9.17) is 4.74 Å². The number of rotatable bonds is 7. The van der Waals surface area contributed by atoms with Gasteiger partial charge in [-0.3, -0.25) is 4.79 Å². The molecule has 1 aromatic carbocycles. The summed E-state index contributed by atoms with van der Waals surface area (Å²) in [4.78, 5) is 11.4. The Morgan fingerprint density at radius 1 is 1.38 bits per heavy atom. The molecule has 0 spiro atoms. The molecule has 1 rings (SSSR count). The summed E-state index contributed by atoms with van der Waals surface area (Å²) >= 11 is 0. The number of benzene rings is 1. The maximum absolute atomic E-state index is 12.5. The third-order valence-corrected chi connectivity index (χ3v) is 5.01. The molecule has 116 valence electrons. The lowest BCUT2D eigenvalue weighted by molar-refractivity contribution is -0.144. The minimum Gasteiger partial charge on any atom is -0.480 e. The Kier molecular flexibility index (Phi) is 5.65. The molecular weight excluding hydrogens is 294 g/mol. The van der Waals surface area contributed by atoms with Crippen LogP contribution in [0.3, 0.4) is 0 Å². The minimum atomic E-state index is -3.94. The number of hydrogen-bond donors (Lipinski definition) is 1. The number of hydrogen-bond acceptors (Lipinski definition) is 4. The predicted molar refractivity (Wildman–Crippen MR) is 78.5 cm³/mol. The van der Waals surface area contributed by atoms with Crippen molar-refractivity contribution in [2.75, 3.05) is 14.2 Å². The second-order valence-corrected chi connectivity index (χ2v) is 6.55. The zero-order valence-corrected chi connectivity index (χ0v) is 13.0. The van der Waals surface area contributed by atoms with Crippen molar-refractivity contribution in [1.82, 2.24) is 4.31 Å². The van der Waals surface area contributed by atoms with E-state index in [9.17, 15) is 18.3 Å². The van der Waals surface area contributed by atoms with Crippen LogP contribution in [-0.2, 0) is 19.6 Å². The monoisotopic (exact) mass is 313 g/mol. The quantitative estimate of drug-likeness (QED) is 0.766. The fourth-order valence-corrected chi connectivity index (χ4v) is 3.20. The molecule has 6 nitrogen and oxygen atoms in total. The largest absolute Gasteiger partial charge is 0.480 e. The molecule has 1 aromatic rings. The van der Waals surface area contributed by atoms with Gasteiger partial charge in [-0.1, -0.05) is 23.8 Å². The molecule has 1 N–H and O–H groups in total. The van der Waals surface area contributed by atoms with E-state index in [0.717, 1.165) is 9.87 Å². The average Bonchev–Trinajstić information content (AvgIpc) is 2.43. The molecule has 0 aliphatic heterocycles. The van der Waals surface area contributed by atoms with Crippen LogP contribution in [0.25, 0.3) is 0 Å². The summed E-state index contributed by atoms with van der Waals surface area (Å²) in [5.41, 5.74) is 0.909. The van der Waals surface area contributed by atoms with Crippen molar-refractivity contribution in [1.29, 1.82) is 0 Å². The summed E-state index contributed by atoms with van der Waals surface area (Å²) in [6, 6.07) is 4.79. The fourth-order valence-electron chi connectivity index (χ4n) is 1.88. The zero-order valence-electron chi connectivity index (χ0n) is 12.2. The van der Waals surface area contributed by atoms with Crippen molar-refractivity contribution in [2.45, 2.75) is 24.0 Å². The van der Waals surface area contributed by atoms with E-state index in [2.05, 4.69) is 6.58 Å². The Labute approximate surface area is 124 Å². The molecule has 0 bridgehead atoms. The van der Waals surface area contributed by atoms with Crippen LogP contribution in [0.1, 0.15) is 5.56 Å². The van der Waals surface area contributed by atoms with Gasteiger partial charge in [-0.05, 0) is 19.1 Å². The minimum absolute atomic E-state index is 0.0285. The van der Waals surface area contributed by atoms with Gasteiger partial charge in [0.15, 0.2) is 6.04 Å². The predicted octanol–water partition coefficient (Wildman–Crippen LogP) is 1.27. The summed E-state index contributed by atoms with van der Waals surface area (Å²) in [5.74, 6) is -1.31. The Morgan fingerprint density at radius 2 is 1.90 bits per heavy atom. The van der Waals surface area contributed by atoms with Crippen LogP contribution >= 0.6 is 0 Å². The van der Waals surface area contributed by atoms with Gasteiger partial charge in [-0.25, -0.2) is 8.42 Å². The summed E-state index contributed by atoms with van der Waals surface area (Å²) < 4.78 is 30.8. The summed E-state index contributed by atoms with van der Waals surface area (Å²) in [6.45, 7) is 5.31. The molecule has 0 aliphatic carbocycles. The second kappa shape index (κ2) is 6.84. The van der Waals surface area contributed by atoms with Crippen LogP contribution in [0.2, 0.25) is 0 Å². The van der Waals surface area contributed by atoms with Crippen LogP contribution in [0, 0.1) is 6.92 Å². The van der Waals surface area contributed by atoms with Crippen molar-refractivity contribution >= 4 is 16.0 Å². The molecule has 0 fully saturated rings. The Hall–Kier alpha value is -1.70. The molecule has 21 heavy (non-hydrogen) atoms. The number of carboxylic acid groups (broad SMARTS) is 1. The Bertz CT molecular complexity index is 609. The second-order valence-electron chi connectivity index (χ2n) is 4.55. The number of ether oxygens (including phenoxy) is 1. The number of nitrogens with zero attached hydrogens (tertiary/aromatic N) is 1. The molecule has 2 atom stereocenters.